The summed E-state index contributed by atoms with van der Waals surface area (Å²) in [6.45, 7) is 4.28. The fourth-order valence-corrected chi connectivity index (χ4v) is 6.08. The average Bonchev–Trinajstić information content (AvgIpc) is 3.53. The second-order valence-electron chi connectivity index (χ2n) is 10.5. The first kappa shape index (κ1) is 27.1. The molecule has 6 rings (SSSR count). The Hall–Kier alpha value is -4.10. The minimum Gasteiger partial charge on any atom is -0.463 e. The molecule has 0 amide bonds. The van der Waals surface area contributed by atoms with Crippen LogP contribution in [0.1, 0.15) is 42.9 Å². The van der Waals surface area contributed by atoms with Crippen LogP contribution in [0.2, 0.25) is 5.28 Å². The summed E-state index contributed by atoms with van der Waals surface area (Å²) in [5, 5.41) is -0.0636. The van der Waals surface area contributed by atoms with Crippen LogP contribution in [0.5, 0.6) is 0 Å². The van der Waals surface area contributed by atoms with Gasteiger partial charge >= 0.3 is 17.9 Å². The van der Waals surface area contributed by atoms with Crippen LogP contribution in [0.3, 0.4) is 0 Å². The number of ketones is 1. The Morgan fingerprint density at radius 2 is 1.76 bits per heavy atom. The molecule has 1 aromatic carbocycles. The number of benzene rings is 1. The number of carbonyl (C=O) groups is 4. The van der Waals surface area contributed by atoms with E-state index in [1.54, 1.807) is 0 Å². The normalized spacial score (nSPS) is 24.3. The topological polar surface area (TPSA) is 152 Å². The van der Waals surface area contributed by atoms with E-state index in [1.807, 2.05) is 29.2 Å². The third kappa shape index (κ3) is 4.68. The summed E-state index contributed by atoms with van der Waals surface area (Å²) >= 11 is 6.36. The zero-order valence-electron chi connectivity index (χ0n) is 22.4. The molecule has 13 nitrogen and oxygen atoms in total. The molecule has 2 aliphatic heterocycles. The molecule has 1 spiro atoms. The van der Waals surface area contributed by atoms with E-state index in [1.165, 1.54) is 31.7 Å². The monoisotopic (exact) mass is 583 g/mol. The minimum atomic E-state index is -1.12. The van der Waals surface area contributed by atoms with Gasteiger partial charge in [-0.1, -0.05) is 24.3 Å². The van der Waals surface area contributed by atoms with Crippen LogP contribution in [0.4, 0.5) is 5.82 Å². The lowest BCUT2D eigenvalue weighted by molar-refractivity contribution is -0.166. The Morgan fingerprint density at radius 1 is 1.05 bits per heavy atom. The highest BCUT2D eigenvalue weighted by atomic mass is 35.5. The zero-order chi connectivity index (χ0) is 29.1. The lowest BCUT2D eigenvalue weighted by atomic mass is 9.76. The number of fused-ring (bicyclic) bond motifs is 2. The van der Waals surface area contributed by atoms with Crippen LogP contribution in [-0.2, 0) is 39.8 Å². The average molecular weight is 584 g/mol. The highest BCUT2D eigenvalue weighted by Gasteiger charge is 2.55. The Balaban J connectivity index is 1.32. The van der Waals surface area contributed by atoms with Gasteiger partial charge in [0.1, 0.15) is 12.7 Å². The molecule has 3 aliphatic rings. The van der Waals surface area contributed by atoms with Gasteiger partial charge in [0.25, 0.3) is 0 Å². The van der Waals surface area contributed by atoms with Crippen molar-refractivity contribution in [1.29, 1.82) is 0 Å². The molecule has 2 aromatic heterocycles. The standard InChI is InChI=1S/C27H26ClN5O8/c1-13(34)38-9-18-20(39-14(2)35)21(40-15(3)36)25(41-18)33-12-29-19-23(30-26(28)31-24(19)33)32-10-27(11-32)8-16-6-4-5-7-17(16)22(27)37/h4-7,12,18,20-21,25H,8-11H2,1-3H3/t18-,20?,21?,25-/m1/s1. The molecule has 0 radical (unpaired) electrons. The maximum Gasteiger partial charge on any atom is 0.303 e. The second kappa shape index (κ2) is 10.1. The first-order valence-corrected chi connectivity index (χ1v) is 13.3. The number of imidazole rings is 1. The Morgan fingerprint density at radius 3 is 2.44 bits per heavy atom. The summed E-state index contributed by atoms with van der Waals surface area (Å²) in [7, 11) is 0. The van der Waals surface area contributed by atoms with E-state index in [4.69, 9.17) is 30.5 Å². The SMILES string of the molecule is CC(=O)OC[C@H]1O[C@@H](n2cnc3c(N4CC5(Cc6ccccc6C5=O)C4)nc(Cl)nc32)C(OC(C)=O)C1OC(C)=O. The van der Waals surface area contributed by atoms with Gasteiger partial charge in [-0.3, -0.25) is 23.7 Å². The van der Waals surface area contributed by atoms with Crippen molar-refractivity contribution in [1.82, 2.24) is 19.5 Å². The Labute approximate surface area is 238 Å². The molecule has 3 aromatic rings. The molecular formula is C27H26ClN5O8. The molecule has 4 atom stereocenters. The predicted octanol–water partition coefficient (Wildman–Crippen LogP) is 2.05. The molecule has 2 fully saturated rings. The molecule has 1 aliphatic carbocycles. The Bertz CT molecular complexity index is 1580. The lowest BCUT2D eigenvalue weighted by Gasteiger charge is -2.47. The predicted molar refractivity (Wildman–Crippen MR) is 141 cm³/mol. The number of hydrogen-bond donors (Lipinski definition) is 0. The summed E-state index contributed by atoms with van der Waals surface area (Å²) in [5.41, 5.74) is 1.92. The summed E-state index contributed by atoms with van der Waals surface area (Å²) in [4.78, 5) is 63.9. The summed E-state index contributed by atoms with van der Waals surface area (Å²) in [5.74, 6) is -1.27. The van der Waals surface area contributed by atoms with Gasteiger partial charge in [0.2, 0.25) is 5.28 Å². The van der Waals surface area contributed by atoms with Gasteiger partial charge in [0, 0.05) is 39.4 Å². The molecule has 2 saturated heterocycles. The van der Waals surface area contributed by atoms with Crippen LogP contribution >= 0.6 is 11.6 Å². The van der Waals surface area contributed by atoms with Gasteiger partial charge < -0.3 is 23.8 Å². The van der Waals surface area contributed by atoms with E-state index >= 15 is 0 Å². The maximum atomic E-state index is 13.2. The summed E-state index contributed by atoms with van der Waals surface area (Å²) < 4.78 is 23.7. The van der Waals surface area contributed by atoms with E-state index in [9.17, 15) is 19.2 Å². The van der Waals surface area contributed by atoms with E-state index in [2.05, 4.69) is 15.0 Å². The van der Waals surface area contributed by atoms with Gasteiger partial charge in [-0.15, -0.1) is 0 Å². The molecule has 214 valence electrons. The van der Waals surface area contributed by atoms with Crippen molar-refractivity contribution in [3.63, 3.8) is 0 Å². The van der Waals surface area contributed by atoms with Gasteiger partial charge in [0.15, 0.2) is 41.2 Å². The third-order valence-corrected chi connectivity index (χ3v) is 7.72. The van der Waals surface area contributed by atoms with Gasteiger partial charge in [0.05, 0.1) is 11.7 Å². The first-order valence-electron chi connectivity index (χ1n) is 13.0. The first-order chi connectivity index (χ1) is 19.6. The number of hydrogen-bond acceptors (Lipinski definition) is 12. The quantitative estimate of drug-likeness (QED) is 0.237. The van der Waals surface area contributed by atoms with Crippen molar-refractivity contribution in [2.24, 2.45) is 5.41 Å². The van der Waals surface area contributed by atoms with Crippen molar-refractivity contribution < 1.29 is 38.1 Å². The molecule has 0 bridgehead atoms. The van der Waals surface area contributed by atoms with Gasteiger partial charge in [-0.25, -0.2) is 4.98 Å². The second-order valence-corrected chi connectivity index (χ2v) is 10.8. The molecule has 2 unspecified atom stereocenters. The van der Waals surface area contributed by atoms with Crippen molar-refractivity contribution in [2.75, 3.05) is 24.6 Å². The number of ether oxygens (including phenoxy) is 4. The van der Waals surface area contributed by atoms with Crippen LogP contribution in [0.15, 0.2) is 30.6 Å². The lowest BCUT2D eigenvalue weighted by Crippen LogP contribution is -2.60. The van der Waals surface area contributed by atoms with E-state index in [-0.39, 0.29) is 23.3 Å². The molecule has 0 saturated carbocycles. The van der Waals surface area contributed by atoms with E-state index in [0.717, 1.165) is 11.1 Å². The van der Waals surface area contributed by atoms with Crippen LogP contribution in [0.25, 0.3) is 11.2 Å². The van der Waals surface area contributed by atoms with Gasteiger partial charge in [-0.2, -0.15) is 9.97 Å². The minimum absolute atomic E-state index is 0.0636. The number of Topliss-reactive ketones (excluding diaryl/α,β-unsaturated/α-hetero) is 1. The van der Waals surface area contributed by atoms with Crippen molar-refractivity contribution in [2.45, 2.75) is 51.7 Å². The maximum absolute atomic E-state index is 13.2. The molecule has 0 N–H and O–H groups in total. The molecule has 4 heterocycles. The Kier molecular flexibility index (Phi) is 6.65. The molecule has 14 heteroatoms. The molecular weight excluding hydrogens is 558 g/mol. The number of esters is 3. The number of halogens is 1. The largest absolute Gasteiger partial charge is 0.463 e. The number of carbonyl (C=O) groups excluding carboxylic acids is 4. The van der Waals surface area contributed by atoms with Crippen molar-refractivity contribution >= 4 is 52.3 Å². The van der Waals surface area contributed by atoms with Crippen LogP contribution < -0.4 is 4.90 Å². The summed E-state index contributed by atoms with van der Waals surface area (Å²) in [6, 6.07) is 7.63. The summed E-state index contributed by atoms with van der Waals surface area (Å²) in [6.07, 6.45) is -2.12. The number of aromatic nitrogens is 4. The van der Waals surface area contributed by atoms with Gasteiger partial charge in [-0.05, 0) is 23.6 Å². The zero-order valence-corrected chi connectivity index (χ0v) is 23.2. The fraction of sp³-hybridized carbons (Fsp3) is 0.444. The highest BCUT2D eigenvalue weighted by Crippen LogP contribution is 2.46. The third-order valence-electron chi connectivity index (χ3n) is 7.55. The fourth-order valence-electron chi connectivity index (χ4n) is 5.92. The van der Waals surface area contributed by atoms with E-state index < -0.39 is 47.9 Å². The van der Waals surface area contributed by atoms with Crippen molar-refractivity contribution in [3.05, 3.63) is 47.0 Å². The van der Waals surface area contributed by atoms with Crippen LogP contribution in [-0.4, -0.2) is 81.2 Å². The molecule has 41 heavy (non-hydrogen) atoms. The number of nitrogens with zero attached hydrogens (tertiary/aromatic N) is 5. The number of rotatable bonds is 6. The van der Waals surface area contributed by atoms with Crippen molar-refractivity contribution in [3.8, 4) is 0 Å². The number of anilines is 1. The van der Waals surface area contributed by atoms with Crippen LogP contribution in [0, 0.1) is 5.41 Å². The smallest absolute Gasteiger partial charge is 0.303 e. The van der Waals surface area contributed by atoms with E-state index in [0.29, 0.717) is 30.8 Å². The highest BCUT2D eigenvalue weighted by molar-refractivity contribution is 6.28.